The molecule has 0 rings (SSSR count). The summed E-state index contributed by atoms with van der Waals surface area (Å²) in [6.07, 6.45) is 76.4. The first-order chi connectivity index (χ1) is 36.5. The Morgan fingerprint density at radius 2 is 0.446 bits per heavy atom. The van der Waals surface area contributed by atoms with Gasteiger partial charge in [-0.15, -0.1) is 0 Å². The maximum Gasteiger partial charge on any atom is 0.306 e. The van der Waals surface area contributed by atoms with Crippen molar-refractivity contribution in [3.8, 4) is 0 Å². The fourth-order valence-corrected chi connectivity index (χ4v) is 10.1. The summed E-state index contributed by atoms with van der Waals surface area (Å²) < 4.78 is 16.9. The van der Waals surface area contributed by atoms with Crippen molar-refractivity contribution >= 4 is 17.9 Å². The summed E-state index contributed by atoms with van der Waals surface area (Å²) in [5.74, 6) is -0.850. The Labute approximate surface area is 462 Å². The van der Waals surface area contributed by atoms with Gasteiger partial charge in [0.15, 0.2) is 6.10 Å². The third-order valence-corrected chi connectivity index (χ3v) is 15.2. The zero-order chi connectivity index (χ0) is 53.6. The summed E-state index contributed by atoms with van der Waals surface area (Å²) in [5.41, 5.74) is 0. The highest BCUT2D eigenvalue weighted by atomic mass is 16.6. The van der Waals surface area contributed by atoms with Crippen LogP contribution in [0, 0.1) is 0 Å². The van der Waals surface area contributed by atoms with Gasteiger partial charge in [0, 0.05) is 19.3 Å². The van der Waals surface area contributed by atoms with Gasteiger partial charge in [0.25, 0.3) is 0 Å². The Balaban J connectivity index is 4.08. The van der Waals surface area contributed by atoms with E-state index in [1.165, 1.54) is 276 Å². The molecule has 0 N–H and O–H groups in total. The number of ether oxygens (including phenoxy) is 3. The van der Waals surface area contributed by atoms with Gasteiger partial charge in [0.1, 0.15) is 13.2 Å². The number of hydrogen-bond donors (Lipinski definition) is 0. The lowest BCUT2D eigenvalue weighted by Gasteiger charge is -2.18. The lowest BCUT2D eigenvalue weighted by atomic mass is 10.0. The SMILES string of the molecule is CCCCCCCCC/C=C\CCCCCCCCCC(=O)OC(COC(=O)CCCCCCCCCCC)COC(=O)CCCCCCCCCCCCCCCCCCC/C=C\CCCCCCCCCC. The van der Waals surface area contributed by atoms with E-state index < -0.39 is 6.10 Å². The second-order valence-corrected chi connectivity index (χ2v) is 22.7. The first kappa shape index (κ1) is 71.9. The van der Waals surface area contributed by atoms with Gasteiger partial charge in [-0.2, -0.15) is 0 Å². The second kappa shape index (κ2) is 63.4. The highest BCUT2D eigenvalue weighted by Crippen LogP contribution is 2.18. The second-order valence-electron chi connectivity index (χ2n) is 22.7. The zero-order valence-corrected chi connectivity index (χ0v) is 50.1. The van der Waals surface area contributed by atoms with Crippen LogP contribution in [0.5, 0.6) is 0 Å². The first-order valence-corrected chi connectivity index (χ1v) is 33.3. The molecule has 436 valence electrons. The number of esters is 3. The average Bonchev–Trinajstić information content (AvgIpc) is 3.40. The number of allylic oxidation sites excluding steroid dienone is 4. The molecule has 0 aliphatic heterocycles. The third kappa shape index (κ3) is 60.8. The predicted octanol–water partition coefficient (Wildman–Crippen LogP) is 22.6. The van der Waals surface area contributed by atoms with Crippen molar-refractivity contribution in [2.75, 3.05) is 13.2 Å². The van der Waals surface area contributed by atoms with E-state index in [4.69, 9.17) is 14.2 Å². The fourth-order valence-electron chi connectivity index (χ4n) is 10.1. The molecular formula is C68H128O6. The molecule has 6 nitrogen and oxygen atoms in total. The van der Waals surface area contributed by atoms with Crippen LogP contribution in [0.25, 0.3) is 0 Å². The van der Waals surface area contributed by atoms with Gasteiger partial charge in [0.05, 0.1) is 0 Å². The normalized spacial score (nSPS) is 12.1. The zero-order valence-electron chi connectivity index (χ0n) is 50.1. The molecule has 0 amide bonds. The number of carbonyl (C=O) groups excluding carboxylic acids is 3. The molecule has 0 aliphatic rings. The van der Waals surface area contributed by atoms with Crippen molar-refractivity contribution in [1.29, 1.82) is 0 Å². The lowest BCUT2D eigenvalue weighted by molar-refractivity contribution is -0.167. The van der Waals surface area contributed by atoms with Gasteiger partial charge in [0.2, 0.25) is 0 Å². The molecule has 6 heteroatoms. The average molecular weight is 1040 g/mol. The fraction of sp³-hybridized carbons (Fsp3) is 0.897. The van der Waals surface area contributed by atoms with Crippen LogP contribution in [0.1, 0.15) is 374 Å². The predicted molar refractivity (Wildman–Crippen MR) is 321 cm³/mol. The summed E-state index contributed by atoms with van der Waals surface area (Å²) in [5, 5.41) is 0. The minimum absolute atomic E-state index is 0.0675. The van der Waals surface area contributed by atoms with E-state index in [2.05, 4.69) is 45.1 Å². The molecule has 0 aromatic carbocycles. The van der Waals surface area contributed by atoms with Crippen LogP contribution in [0.2, 0.25) is 0 Å². The maximum atomic E-state index is 12.9. The Kier molecular flexibility index (Phi) is 61.6. The summed E-state index contributed by atoms with van der Waals surface area (Å²) in [6, 6.07) is 0. The molecule has 0 aliphatic carbocycles. The van der Waals surface area contributed by atoms with Crippen LogP contribution in [0.4, 0.5) is 0 Å². The first-order valence-electron chi connectivity index (χ1n) is 33.3. The minimum Gasteiger partial charge on any atom is -0.462 e. The minimum atomic E-state index is -0.769. The summed E-state index contributed by atoms with van der Waals surface area (Å²) in [7, 11) is 0. The topological polar surface area (TPSA) is 78.9 Å². The van der Waals surface area contributed by atoms with Crippen molar-refractivity contribution < 1.29 is 28.6 Å². The van der Waals surface area contributed by atoms with Crippen molar-refractivity contribution in [2.45, 2.75) is 380 Å². The van der Waals surface area contributed by atoms with Gasteiger partial charge >= 0.3 is 17.9 Å². The molecule has 0 radical (unpaired) electrons. The van der Waals surface area contributed by atoms with Crippen molar-refractivity contribution in [3.63, 3.8) is 0 Å². The van der Waals surface area contributed by atoms with E-state index in [-0.39, 0.29) is 31.1 Å². The highest BCUT2D eigenvalue weighted by molar-refractivity contribution is 5.71. The van der Waals surface area contributed by atoms with Gasteiger partial charge in [-0.3, -0.25) is 14.4 Å². The quantitative estimate of drug-likeness (QED) is 0.0261. The van der Waals surface area contributed by atoms with Crippen LogP contribution in [0.3, 0.4) is 0 Å². The maximum absolute atomic E-state index is 12.9. The molecular weight excluding hydrogens is 913 g/mol. The van der Waals surface area contributed by atoms with Crippen LogP contribution in [-0.4, -0.2) is 37.2 Å². The standard InChI is InChI=1S/C68H128O6/c1-4-7-10-13-16-19-21-23-25-27-29-30-31-32-33-34-35-36-37-38-39-41-42-44-46-49-52-55-58-61-67(70)73-64-65(63-72-66(69)60-57-54-51-48-18-15-12-9-6-3)74-68(71)62-59-56-53-50-47-45-43-40-28-26-24-22-20-17-14-11-8-5-2/h26-29,65H,4-25,30-64H2,1-3H3/b28-26-,29-27-. The summed E-state index contributed by atoms with van der Waals surface area (Å²) in [6.45, 7) is 6.68. The van der Waals surface area contributed by atoms with E-state index in [1.54, 1.807) is 0 Å². The number of rotatable bonds is 62. The Hall–Kier alpha value is -2.11. The van der Waals surface area contributed by atoms with Crippen molar-refractivity contribution in [2.24, 2.45) is 0 Å². The highest BCUT2D eigenvalue weighted by Gasteiger charge is 2.19. The molecule has 0 aromatic rings. The van der Waals surface area contributed by atoms with Crippen molar-refractivity contribution in [1.82, 2.24) is 0 Å². The molecule has 0 aromatic heterocycles. The van der Waals surface area contributed by atoms with E-state index in [0.717, 1.165) is 57.8 Å². The molecule has 0 saturated carbocycles. The molecule has 74 heavy (non-hydrogen) atoms. The van der Waals surface area contributed by atoms with Crippen LogP contribution < -0.4 is 0 Å². The van der Waals surface area contributed by atoms with Crippen LogP contribution in [-0.2, 0) is 28.6 Å². The molecule has 0 saturated heterocycles. The Bertz CT molecular complexity index is 1190. The van der Waals surface area contributed by atoms with Crippen LogP contribution >= 0.6 is 0 Å². The van der Waals surface area contributed by atoms with Gasteiger partial charge in [-0.05, 0) is 70.6 Å². The number of unbranched alkanes of at least 4 members (excludes halogenated alkanes) is 47. The third-order valence-electron chi connectivity index (χ3n) is 15.2. The van der Waals surface area contributed by atoms with E-state index in [1.807, 2.05) is 0 Å². The smallest absolute Gasteiger partial charge is 0.306 e. The van der Waals surface area contributed by atoms with Gasteiger partial charge < -0.3 is 14.2 Å². The van der Waals surface area contributed by atoms with E-state index >= 15 is 0 Å². The molecule has 0 spiro atoms. The number of carbonyl (C=O) groups is 3. The molecule has 0 bridgehead atoms. The Morgan fingerprint density at radius 1 is 0.257 bits per heavy atom. The Morgan fingerprint density at radius 3 is 0.676 bits per heavy atom. The largest absolute Gasteiger partial charge is 0.462 e. The van der Waals surface area contributed by atoms with Gasteiger partial charge in [-0.25, -0.2) is 0 Å². The molecule has 1 unspecified atom stereocenters. The molecule has 0 heterocycles. The molecule has 0 fully saturated rings. The van der Waals surface area contributed by atoms with Crippen molar-refractivity contribution in [3.05, 3.63) is 24.3 Å². The molecule has 1 atom stereocenters. The number of hydrogen-bond acceptors (Lipinski definition) is 6. The van der Waals surface area contributed by atoms with Crippen LogP contribution in [0.15, 0.2) is 24.3 Å². The van der Waals surface area contributed by atoms with Gasteiger partial charge in [-0.1, -0.05) is 308 Å². The van der Waals surface area contributed by atoms with E-state index in [9.17, 15) is 14.4 Å². The lowest BCUT2D eigenvalue weighted by Crippen LogP contribution is -2.30. The van der Waals surface area contributed by atoms with E-state index in [0.29, 0.717) is 19.3 Å². The monoisotopic (exact) mass is 1040 g/mol. The summed E-state index contributed by atoms with van der Waals surface area (Å²) >= 11 is 0. The summed E-state index contributed by atoms with van der Waals surface area (Å²) in [4.78, 5) is 38.2.